The molecule has 1 aliphatic rings. The maximum atomic E-state index is 12.4. The predicted molar refractivity (Wildman–Crippen MR) is 124 cm³/mol. The molecule has 2 heterocycles. The molecule has 3 aromatic rings. The van der Waals surface area contributed by atoms with Gasteiger partial charge in [0, 0.05) is 11.6 Å². The van der Waals surface area contributed by atoms with E-state index >= 15 is 0 Å². The molecule has 0 spiro atoms. The maximum Gasteiger partial charge on any atom is 0.230 e. The molecule has 4 rings (SSSR count). The fourth-order valence-electron chi connectivity index (χ4n) is 3.64. The minimum absolute atomic E-state index is 0.0414. The van der Waals surface area contributed by atoms with Gasteiger partial charge in [0.15, 0.2) is 5.16 Å². The van der Waals surface area contributed by atoms with Crippen molar-refractivity contribution in [1.29, 1.82) is 0 Å². The van der Waals surface area contributed by atoms with E-state index in [1.54, 1.807) is 0 Å². The molecule has 0 atom stereocenters. The zero-order chi connectivity index (χ0) is 21.5. The summed E-state index contributed by atoms with van der Waals surface area (Å²) >= 11 is 7.43. The topological polar surface area (TPSA) is 63.1 Å². The van der Waals surface area contributed by atoms with Crippen LogP contribution in [0.2, 0.25) is 5.02 Å². The van der Waals surface area contributed by atoms with E-state index < -0.39 is 0 Å². The second kappa shape index (κ2) is 10.8. The highest BCUT2D eigenvalue weighted by molar-refractivity contribution is 7.99. The van der Waals surface area contributed by atoms with Gasteiger partial charge < -0.3 is 9.88 Å². The third-order valence-electron chi connectivity index (χ3n) is 5.25. The Morgan fingerprint density at radius 2 is 1.77 bits per heavy atom. The van der Waals surface area contributed by atoms with Gasteiger partial charge in [0.25, 0.3) is 0 Å². The highest BCUT2D eigenvalue weighted by Gasteiger charge is 2.19. The number of likely N-dealkylation sites (tertiary alicyclic amines) is 1. The van der Waals surface area contributed by atoms with E-state index in [4.69, 9.17) is 11.6 Å². The average Bonchev–Trinajstić information content (AvgIpc) is 3.42. The number of thioether (sulfide) groups is 1. The Balaban J connectivity index is 1.40. The number of carbonyl (C=O) groups is 1. The van der Waals surface area contributed by atoms with Crippen molar-refractivity contribution < 1.29 is 4.79 Å². The quantitative estimate of drug-likeness (QED) is 0.494. The van der Waals surface area contributed by atoms with Gasteiger partial charge in [-0.3, -0.25) is 9.69 Å². The lowest BCUT2D eigenvalue weighted by molar-refractivity contribution is -0.118. The summed E-state index contributed by atoms with van der Waals surface area (Å²) < 4.78 is 2.14. The zero-order valence-corrected chi connectivity index (χ0v) is 18.9. The van der Waals surface area contributed by atoms with Crippen molar-refractivity contribution in [3.8, 4) is 0 Å². The van der Waals surface area contributed by atoms with Crippen LogP contribution in [-0.2, 0) is 24.4 Å². The van der Waals surface area contributed by atoms with Crippen molar-refractivity contribution in [3.05, 3.63) is 76.6 Å². The normalized spacial score (nSPS) is 14.1. The van der Waals surface area contributed by atoms with Gasteiger partial charge in [0.05, 0.1) is 18.8 Å². The molecule has 1 amide bonds. The maximum absolute atomic E-state index is 12.4. The summed E-state index contributed by atoms with van der Waals surface area (Å²) in [6.45, 7) is 4.15. The zero-order valence-electron chi connectivity index (χ0n) is 17.3. The first kappa shape index (κ1) is 21.9. The van der Waals surface area contributed by atoms with E-state index in [-0.39, 0.29) is 11.7 Å². The number of nitrogens with zero attached hydrogens (tertiary/aromatic N) is 4. The molecule has 0 radical (unpaired) electrons. The van der Waals surface area contributed by atoms with Crippen molar-refractivity contribution >= 4 is 29.3 Å². The van der Waals surface area contributed by atoms with Crippen LogP contribution in [0.3, 0.4) is 0 Å². The summed E-state index contributed by atoms with van der Waals surface area (Å²) in [5.41, 5.74) is 2.17. The molecular weight excluding hydrogens is 430 g/mol. The van der Waals surface area contributed by atoms with Crippen LogP contribution in [0.1, 0.15) is 29.8 Å². The Bertz CT molecular complexity index is 1000. The molecule has 0 bridgehead atoms. The lowest BCUT2D eigenvalue weighted by atomic mass is 10.2. The van der Waals surface area contributed by atoms with Crippen LogP contribution in [0.5, 0.6) is 0 Å². The van der Waals surface area contributed by atoms with Gasteiger partial charge in [-0.05, 0) is 49.2 Å². The molecular formula is C23H26ClN5OS. The average molecular weight is 456 g/mol. The number of halogens is 1. The number of hydrogen-bond acceptors (Lipinski definition) is 5. The Morgan fingerprint density at radius 1 is 1.00 bits per heavy atom. The van der Waals surface area contributed by atoms with Crippen molar-refractivity contribution in [2.75, 3.05) is 18.8 Å². The second-order valence-electron chi connectivity index (χ2n) is 7.65. The Morgan fingerprint density at radius 3 is 2.55 bits per heavy atom. The smallest absolute Gasteiger partial charge is 0.230 e. The molecule has 8 heteroatoms. The van der Waals surface area contributed by atoms with Crippen LogP contribution >= 0.6 is 23.4 Å². The molecule has 162 valence electrons. The number of amides is 1. The van der Waals surface area contributed by atoms with Gasteiger partial charge >= 0.3 is 0 Å². The molecule has 0 unspecified atom stereocenters. The molecule has 1 aliphatic heterocycles. The minimum atomic E-state index is -0.0414. The molecule has 6 nitrogen and oxygen atoms in total. The number of benzene rings is 2. The SMILES string of the molecule is O=C(CSc1nnc(CN2CCCC2)n1Cc1ccccc1)NCc1cccc(Cl)c1. The fraction of sp³-hybridized carbons (Fsp3) is 0.348. The van der Waals surface area contributed by atoms with Crippen LogP contribution in [0.25, 0.3) is 0 Å². The summed E-state index contributed by atoms with van der Waals surface area (Å²) in [6.07, 6.45) is 2.47. The van der Waals surface area contributed by atoms with Crippen LogP contribution < -0.4 is 5.32 Å². The highest BCUT2D eigenvalue weighted by atomic mass is 35.5. The first-order valence-corrected chi connectivity index (χ1v) is 11.9. The van der Waals surface area contributed by atoms with Crippen LogP contribution in [-0.4, -0.2) is 44.4 Å². The van der Waals surface area contributed by atoms with Crippen LogP contribution in [0.15, 0.2) is 59.8 Å². The number of nitrogens with one attached hydrogen (secondary N) is 1. The van der Waals surface area contributed by atoms with E-state index in [1.165, 1.54) is 30.2 Å². The first-order chi connectivity index (χ1) is 15.2. The van der Waals surface area contributed by atoms with E-state index in [2.05, 4.69) is 37.1 Å². The van der Waals surface area contributed by atoms with Gasteiger partial charge in [-0.1, -0.05) is 65.8 Å². The van der Waals surface area contributed by atoms with Gasteiger partial charge in [0.2, 0.25) is 5.91 Å². The molecule has 0 aliphatic carbocycles. The largest absolute Gasteiger partial charge is 0.351 e. The number of carbonyl (C=O) groups excluding carboxylic acids is 1. The monoisotopic (exact) mass is 455 g/mol. The number of hydrogen-bond donors (Lipinski definition) is 1. The van der Waals surface area contributed by atoms with E-state index in [0.29, 0.717) is 18.1 Å². The molecule has 31 heavy (non-hydrogen) atoms. The Hall–Kier alpha value is -2.35. The molecule has 0 saturated carbocycles. The summed E-state index contributed by atoms with van der Waals surface area (Å²) in [7, 11) is 0. The third kappa shape index (κ3) is 6.32. The van der Waals surface area contributed by atoms with Gasteiger partial charge in [0.1, 0.15) is 5.82 Å². The van der Waals surface area contributed by atoms with E-state index in [0.717, 1.165) is 36.2 Å². The summed E-state index contributed by atoms with van der Waals surface area (Å²) in [5.74, 6) is 1.20. The molecule has 1 fully saturated rings. The van der Waals surface area contributed by atoms with Gasteiger partial charge in [-0.2, -0.15) is 0 Å². The highest BCUT2D eigenvalue weighted by Crippen LogP contribution is 2.21. The van der Waals surface area contributed by atoms with Gasteiger partial charge in [-0.15, -0.1) is 10.2 Å². The van der Waals surface area contributed by atoms with E-state index in [9.17, 15) is 4.79 Å². The molecule has 1 aromatic heterocycles. The van der Waals surface area contributed by atoms with Crippen LogP contribution in [0.4, 0.5) is 0 Å². The minimum Gasteiger partial charge on any atom is -0.351 e. The number of aromatic nitrogens is 3. The summed E-state index contributed by atoms with van der Waals surface area (Å²) in [5, 5.41) is 13.3. The Kier molecular flexibility index (Phi) is 7.61. The number of rotatable bonds is 9. The molecule has 1 saturated heterocycles. The van der Waals surface area contributed by atoms with Crippen molar-refractivity contribution in [2.45, 2.75) is 37.6 Å². The standard InChI is InChI=1S/C23H26ClN5OS/c24-20-10-6-9-19(13-20)14-25-22(30)17-31-23-27-26-21(16-28-11-4-5-12-28)29(23)15-18-7-2-1-3-8-18/h1-3,6-10,13H,4-5,11-12,14-17H2,(H,25,30). The van der Waals surface area contributed by atoms with Crippen molar-refractivity contribution in [3.63, 3.8) is 0 Å². The Labute approximate surface area is 192 Å². The lowest BCUT2D eigenvalue weighted by Gasteiger charge is -2.16. The molecule has 2 aromatic carbocycles. The van der Waals surface area contributed by atoms with Crippen molar-refractivity contribution in [2.24, 2.45) is 0 Å². The lowest BCUT2D eigenvalue weighted by Crippen LogP contribution is -2.25. The van der Waals surface area contributed by atoms with E-state index in [1.807, 2.05) is 42.5 Å². The first-order valence-electron chi connectivity index (χ1n) is 10.5. The molecule has 1 N–H and O–H groups in total. The van der Waals surface area contributed by atoms with Crippen molar-refractivity contribution in [1.82, 2.24) is 25.0 Å². The van der Waals surface area contributed by atoms with Gasteiger partial charge in [-0.25, -0.2) is 0 Å². The fourth-order valence-corrected chi connectivity index (χ4v) is 4.64. The second-order valence-corrected chi connectivity index (χ2v) is 9.03. The predicted octanol–water partition coefficient (Wildman–Crippen LogP) is 3.98. The summed E-state index contributed by atoms with van der Waals surface area (Å²) in [6, 6.07) is 17.8. The third-order valence-corrected chi connectivity index (χ3v) is 6.45. The van der Waals surface area contributed by atoms with Crippen LogP contribution in [0, 0.1) is 0 Å². The summed E-state index contributed by atoms with van der Waals surface area (Å²) in [4.78, 5) is 14.8.